The second-order valence-corrected chi connectivity index (χ2v) is 4.98. The molecule has 0 spiro atoms. The fourth-order valence-corrected chi connectivity index (χ4v) is 2.04. The molecule has 0 aliphatic heterocycles. The molecule has 4 heteroatoms. The summed E-state index contributed by atoms with van der Waals surface area (Å²) in [5.41, 5.74) is 3.88. The molecule has 0 heterocycles. The summed E-state index contributed by atoms with van der Waals surface area (Å²) in [6.07, 6.45) is 2.14. The molecule has 2 amide bonds. The van der Waals surface area contributed by atoms with E-state index in [-0.39, 0.29) is 11.8 Å². The van der Waals surface area contributed by atoms with E-state index in [2.05, 4.69) is 5.43 Å². The number of benzene rings is 2. The van der Waals surface area contributed by atoms with E-state index in [1.54, 1.807) is 36.4 Å². The molecule has 0 bridgehead atoms. The van der Waals surface area contributed by atoms with Crippen molar-refractivity contribution < 1.29 is 9.59 Å². The number of rotatable bonds is 5. The number of nitrogens with zero attached hydrogens (tertiary/aromatic N) is 1. The summed E-state index contributed by atoms with van der Waals surface area (Å²) in [4.78, 5) is 24.7. The van der Waals surface area contributed by atoms with Crippen LogP contribution in [0.5, 0.6) is 0 Å². The van der Waals surface area contributed by atoms with Crippen LogP contribution in [0.3, 0.4) is 0 Å². The Hall–Kier alpha value is -2.62. The third-order valence-corrected chi connectivity index (χ3v) is 3.23. The number of hydrogen-bond acceptors (Lipinski definition) is 2. The summed E-state index contributed by atoms with van der Waals surface area (Å²) < 4.78 is 0. The highest BCUT2D eigenvalue weighted by atomic mass is 16.2. The predicted octanol–water partition coefficient (Wildman–Crippen LogP) is 3.55. The highest BCUT2D eigenvalue weighted by molar-refractivity contribution is 6.07. The summed E-state index contributed by atoms with van der Waals surface area (Å²) in [5.74, 6) is -0.411. The molecule has 2 rings (SSSR count). The van der Waals surface area contributed by atoms with Gasteiger partial charge in [0, 0.05) is 12.0 Å². The standard InChI is InChI=1S/C18H20N2O2/c1-2-3-14-17(21)19-20(16-12-8-5-9-13-16)18(22)15-10-6-4-7-11-15/h4-13H,2-3,14H2,1H3,(H,19,21). The number of carbonyl (C=O) groups excluding carboxylic acids is 2. The number of hydrogen-bond donors (Lipinski definition) is 1. The topological polar surface area (TPSA) is 49.4 Å². The second-order valence-electron chi connectivity index (χ2n) is 4.98. The predicted molar refractivity (Wildman–Crippen MR) is 87.4 cm³/mol. The summed E-state index contributed by atoms with van der Waals surface area (Å²) in [5, 5.41) is 1.31. The molecule has 114 valence electrons. The van der Waals surface area contributed by atoms with Gasteiger partial charge in [0.05, 0.1) is 5.69 Å². The van der Waals surface area contributed by atoms with Crippen LogP contribution in [0, 0.1) is 0 Å². The SMILES string of the molecule is CCCCC(=O)NN(C(=O)c1ccccc1)c1ccccc1. The summed E-state index contributed by atoms with van der Waals surface area (Å²) in [6, 6.07) is 18.0. The number of unbranched alkanes of at least 4 members (excludes halogenated alkanes) is 1. The van der Waals surface area contributed by atoms with Crippen molar-refractivity contribution in [3.8, 4) is 0 Å². The van der Waals surface area contributed by atoms with Gasteiger partial charge in [-0.15, -0.1) is 0 Å². The van der Waals surface area contributed by atoms with Gasteiger partial charge in [-0.25, -0.2) is 5.01 Å². The summed E-state index contributed by atoms with van der Waals surface area (Å²) in [6.45, 7) is 2.03. The molecule has 0 unspecified atom stereocenters. The lowest BCUT2D eigenvalue weighted by Crippen LogP contribution is -2.46. The molecule has 1 N–H and O–H groups in total. The van der Waals surface area contributed by atoms with Crippen LogP contribution in [0.1, 0.15) is 36.5 Å². The largest absolute Gasteiger partial charge is 0.277 e. The van der Waals surface area contributed by atoms with Crippen molar-refractivity contribution in [3.05, 3.63) is 66.2 Å². The molecule has 0 saturated carbocycles. The molecule has 4 nitrogen and oxygen atoms in total. The fourth-order valence-electron chi connectivity index (χ4n) is 2.04. The molecular formula is C18H20N2O2. The smallest absolute Gasteiger partial charge is 0.273 e. The fraction of sp³-hybridized carbons (Fsp3) is 0.222. The zero-order chi connectivity index (χ0) is 15.8. The van der Waals surface area contributed by atoms with Crippen LogP contribution in [0.4, 0.5) is 5.69 Å². The molecule has 2 aromatic rings. The zero-order valence-electron chi connectivity index (χ0n) is 12.7. The van der Waals surface area contributed by atoms with E-state index in [4.69, 9.17) is 0 Å². The Morgan fingerprint density at radius 3 is 2.14 bits per heavy atom. The number of anilines is 1. The third kappa shape index (κ3) is 4.19. The third-order valence-electron chi connectivity index (χ3n) is 3.23. The Morgan fingerprint density at radius 1 is 0.955 bits per heavy atom. The van der Waals surface area contributed by atoms with Crippen LogP contribution in [0.2, 0.25) is 0 Å². The van der Waals surface area contributed by atoms with E-state index in [1.807, 2.05) is 31.2 Å². The van der Waals surface area contributed by atoms with Crippen LogP contribution in [-0.2, 0) is 4.79 Å². The number of amides is 2. The number of para-hydroxylation sites is 1. The van der Waals surface area contributed by atoms with Crippen molar-refractivity contribution in [2.45, 2.75) is 26.2 Å². The van der Waals surface area contributed by atoms with Gasteiger partial charge in [-0.1, -0.05) is 49.7 Å². The first-order valence-electron chi connectivity index (χ1n) is 7.46. The zero-order valence-corrected chi connectivity index (χ0v) is 12.7. The van der Waals surface area contributed by atoms with Gasteiger partial charge < -0.3 is 0 Å². The molecule has 0 aromatic heterocycles. The number of carbonyl (C=O) groups is 2. The Morgan fingerprint density at radius 2 is 1.55 bits per heavy atom. The van der Waals surface area contributed by atoms with Crippen LogP contribution in [-0.4, -0.2) is 11.8 Å². The van der Waals surface area contributed by atoms with Gasteiger partial charge in [0.1, 0.15) is 0 Å². The lowest BCUT2D eigenvalue weighted by Gasteiger charge is -2.23. The summed E-state index contributed by atoms with van der Waals surface area (Å²) >= 11 is 0. The first-order chi connectivity index (χ1) is 10.7. The Balaban J connectivity index is 2.22. The first-order valence-corrected chi connectivity index (χ1v) is 7.46. The van der Waals surface area contributed by atoms with Gasteiger partial charge in [-0.05, 0) is 30.7 Å². The molecule has 0 saturated heterocycles. The highest BCUT2D eigenvalue weighted by Crippen LogP contribution is 2.15. The maximum Gasteiger partial charge on any atom is 0.277 e. The number of hydrazine groups is 1. The minimum atomic E-state index is -0.253. The van der Waals surface area contributed by atoms with Crippen LogP contribution in [0.15, 0.2) is 60.7 Å². The molecule has 0 fully saturated rings. The van der Waals surface area contributed by atoms with Crippen LogP contribution >= 0.6 is 0 Å². The van der Waals surface area contributed by atoms with Crippen molar-refractivity contribution in [3.63, 3.8) is 0 Å². The minimum Gasteiger partial charge on any atom is -0.273 e. The number of nitrogens with one attached hydrogen (secondary N) is 1. The second kappa shape index (κ2) is 7.98. The van der Waals surface area contributed by atoms with E-state index in [0.29, 0.717) is 17.7 Å². The molecule has 2 aromatic carbocycles. The van der Waals surface area contributed by atoms with Crippen LogP contribution in [0.25, 0.3) is 0 Å². The van der Waals surface area contributed by atoms with Crippen molar-refractivity contribution in [1.29, 1.82) is 0 Å². The van der Waals surface area contributed by atoms with Gasteiger partial charge >= 0.3 is 0 Å². The first kappa shape index (κ1) is 15.8. The van der Waals surface area contributed by atoms with Crippen molar-refractivity contribution in [2.24, 2.45) is 0 Å². The Kier molecular flexibility index (Phi) is 5.72. The van der Waals surface area contributed by atoms with E-state index < -0.39 is 0 Å². The Labute approximate surface area is 130 Å². The van der Waals surface area contributed by atoms with Gasteiger partial charge in [0.25, 0.3) is 5.91 Å². The van der Waals surface area contributed by atoms with E-state index >= 15 is 0 Å². The van der Waals surface area contributed by atoms with E-state index in [9.17, 15) is 9.59 Å². The average molecular weight is 296 g/mol. The molecule has 0 radical (unpaired) electrons. The van der Waals surface area contributed by atoms with Gasteiger partial charge in [-0.2, -0.15) is 0 Å². The van der Waals surface area contributed by atoms with Gasteiger partial charge in [-0.3, -0.25) is 15.0 Å². The molecule has 0 atom stereocenters. The van der Waals surface area contributed by atoms with Crippen molar-refractivity contribution >= 4 is 17.5 Å². The Bertz CT molecular complexity index is 611. The minimum absolute atomic E-state index is 0.157. The monoisotopic (exact) mass is 296 g/mol. The van der Waals surface area contributed by atoms with Crippen molar-refractivity contribution in [2.75, 3.05) is 5.01 Å². The highest BCUT2D eigenvalue weighted by Gasteiger charge is 2.19. The lowest BCUT2D eigenvalue weighted by atomic mass is 10.2. The molecule has 22 heavy (non-hydrogen) atoms. The normalized spacial score (nSPS) is 10.0. The molecular weight excluding hydrogens is 276 g/mol. The quantitative estimate of drug-likeness (QED) is 0.858. The maximum absolute atomic E-state index is 12.7. The van der Waals surface area contributed by atoms with E-state index in [1.165, 1.54) is 5.01 Å². The van der Waals surface area contributed by atoms with E-state index in [0.717, 1.165) is 12.8 Å². The van der Waals surface area contributed by atoms with Crippen LogP contribution < -0.4 is 10.4 Å². The molecule has 0 aliphatic rings. The van der Waals surface area contributed by atoms with Gasteiger partial charge in [0.15, 0.2) is 0 Å². The average Bonchev–Trinajstić information content (AvgIpc) is 2.59. The molecule has 0 aliphatic carbocycles. The van der Waals surface area contributed by atoms with Gasteiger partial charge in [0.2, 0.25) is 5.91 Å². The lowest BCUT2D eigenvalue weighted by molar-refractivity contribution is -0.121. The summed E-state index contributed by atoms with van der Waals surface area (Å²) in [7, 11) is 0. The van der Waals surface area contributed by atoms with Crippen molar-refractivity contribution in [1.82, 2.24) is 5.43 Å². The maximum atomic E-state index is 12.7.